The number of ketones is 1. The SMILES string of the molecule is CCC(=O)Nc1ccc(C(=O)COC(=O)Cc2nn(C)c(=O)c3ccccc23)cc1. The number of nitrogens with one attached hydrogen (secondary N) is 1. The van der Waals surface area contributed by atoms with E-state index in [2.05, 4.69) is 10.4 Å². The molecular weight excluding hydrogens is 386 g/mol. The van der Waals surface area contributed by atoms with Gasteiger partial charge in [-0.05, 0) is 30.3 Å². The van der Waals surface area contributed by atoms with Gasteiger partial charge in [0.1, 0.15) is 0 Å². The fourth-order valence-corrected chi connectivity index (χ4v) is 2.91. The Morgan fingerprint density at radius 1 is 1.03 bits per heavy atom. The van der Waals surface area contributed by atoms with Gasteiger partial charge < -0.3 is 10.1 Å². The lowest BCUT2D eigenvalue weighted by Gasteiger charge is -2.09. The molecule has 8 heteroatoms. The van der Waals surface area contributed by atoms with Crippen LogP contribution in [0.4, 0.5) is 5.69 Å². The maximum Gasteiger partial charge on any atom is 0.312 e. The van der Waals surface area contributed by atoms with E-state index in [1.54, 1.807) is 55.5 Å². The molecule has 2 aromatic carbocycles. The van der Waals surface area contributed by atoms with E-state index in [0.717, 1.165) is 0 Å². The number of hydrogen-bond acceptors (Lipinski definition) is 6. The Balaban J connectivity index is 1.63. The average Bonchev–Trinajstić information content (AvgIpc) is 2.76. The summed E-state index contributed by atoms with van der Waals surface area (Å²) in [5.74, 6) is -1.11. The Morgan fingerprint density at radius 2 is 1.70 bits per heavy atom. The first-order valence-electron chi connectivity index (χ1n) is 9.42. The van der Waals surface area contributed by atoms with E-state index in [1.807, 2.05) is 0 Å². The molecule has 0 aliphatic carbocycles. The summed E-state index contributed by atoms with van der Waals surface area (Å²) >= 11 is 0. The van der Waals surface area contributed by atoms with Crippen molar-refractivity contribution in [3.05, 3.63) is 70.1 Å². The third kappa shape index (κ3) is 4.78. The number of carbonyl (C=O) groups is 3. The second-order valence-electron chi connectivity index (χ2n) is 6.66. The largest absolute Gasteiger partial charge is 0.457 e. The number of aryl methyl sites for hydroxylation is 1. The molecule has 0 saturated carbocycles. The van der Waals surface area contributed by atoms with Crippen LogP contribution >= 0.6 is 0 Å². The van der Waals surface area contributed by atoms with E-state index < -0.39 is 12.6 Å². The molecule has 154 valence electrons. The maximum absolute atomic E-state index is 12.3. The van der Waals surface area contributed by atoms with Crippen LogP contribution < -0.4 is 10.9 Å². The van der Waals surface area contributed by atoms with Crippen molar-refractivity contribution >= 4 is 34.1 Å². The van der Waals surface area contributed by atoms with Gasteiger partial charge in [-0.1, -0.05) is 25.1 Å². The number of esters is 1. The van der Waals surface area contributed by atoms with E-state index >= 15 is 0 Å². The molecule has 0 spiro atoms. The first-order valence-corrected chi connectivity index (χ1v) is 9.42. The van der Waals surface area contributed by atoms with Gasteiger partial charge in [-0.15, -0.1) is 0 Å². The summed E-state index contributed by atoms with van der Waals surface area (Å²) < 4.78 is 6.28. The molecule has 0 unspecified atom stereocenters. The number of anilines is 1. The van der Waals surface area contributed by atoms with E-state index in [1.165, 1.54) is 11.7 Å². The maximum atomic E-state index is 12.3. The van der Waals surface area contributed by atoms with Crippen LogP contribution in [0.15, 0.2) is 53.3 Å². The first-order chi connectivity index (χ1) is 14.4. The van der Waals surface area contributed by atoms with Crippen molar-refractivity contribution in [2.24, 2.45) is 7.05 Å². The molecule has 0 atom stereocenters. The van der Waals surface area contributed by atoms with Crippen LogP contribution in [-0.2, 0) is 27.8 Å². The van der Waals surface area contributed by atoms with Gasteiger partial charge in [-0.2, -0.15) is 5.10 Å². The van der Waals surface area contributed by atoms with E-state index in [9.17, 15) is 19.2 Å². The van der Waals surface area contributed by atoms with Gasteiger partial charge in [0.25, 0.3) is 5.56 Å². The summed E-state index contributed by atoms with van der Waals surface area (Å²) in [4.78, 5) is 48.1. The zero-order valence-corrected chi connectivity index (χ0v) is 16.7. The van der Waals surface area contributed by atoms with Crippen molar-refractivity contribution in [3.63, 3.8) is 0 Å². The van der Waals surface area contributed by atoms with Gasteiger partial charge in [0.05, 0.1) is 17.5 Å². The highest BCUT2D eigenvalue weighted by Gasteiger charge is 2.15. The molecular formula is C22H21N3O5. The number of Topliss-reactive ketones (excluding diaryl/α,β-unsaturated/α-hetero) is 1. The van der Waals surface area contributed by atoms with Gasteiger partial charge >= 0.3 is 5.97 Å². The van der Waals surface area contributed by atoms with Crippen LogP contribution in [0.25, 0.3) is 10.8 Å². The molecule has 1 heterocycles. The van der Waals surface area contributed by atoms with E-state index in [4.69, 9.17) is 4.74 Å². The number of aromatic nitrogens is 2. The van der Waals surface area contributed by atoms with Crippen LogP contribution in [0.3, 0.4) is 0 Å². The smallest absolute Gasteiger partial charge is 0.312 e. The van der Waals surface area contributed by atoms with Crippen molar-refractivity contribution in [1.82, 2.24) is 9.78 Å². The molecule has 0 aliphatic rings. The highest BCUT2D eigenvalue weighted by molar-refractivity contribution is 5.99. The van der Waals surface area contributed by atoms with Crippen LogP contribution in [0, 0.1) is 0 Å². The number of fused-ring (bicyclic) bond motifs is 1. The van der Waals surface area contributed by atoms with Gasteiger partial charge in [0.2, 0.25) is 5.91 Å². The van der Waals surface area contributed by atoms with Gasteiger partial charge in [0.15, 0.2) is 12.4 Å². The molecule has 3 aromatic rings. The second kappa shape index (κ2) is 9.13. The Morgan fingerprint density at radius 3 is 2.37 bits per heavy atom. The van der Waals surface area contributed by atoms with E-state index in [0.29, 0.717) is 34.1 Å². The van der Waals surface area contributed by atoms with Gasteiger partial charge in [-0.3, -0.25) is 19.2 Å². The molecule has 0 saturated heterocycles. The Kier molecular flexibility index (Phi) is 6.36. The van der Waals surface area contributed by atoms with Crippen molar-refractivity contribution < 1.29 is 19.1 Å². The highest BCUT2D eigenvalue weighted by atomic mass is 16.5. The number of amides is 1. The highest BCUT2D eigenvalue weighted by Crippen LogP contribution is 2.14. The zero-order valence-electron chi connectivity index (χ0n) is 16.7. The first kappa shape index (κ1) is 20.9. The fourth-order valence-electron chi connectivity index (χ4n) is 2.91. The predicted octanol–water partition coefficient (Wildman–Crippen LogP) is 2.25. The van der Waals surface area contributed by atoms with Crippen LogP contribution in [-0.4, -0.2) is 34.0 Å². The molecule has 8 nitrogen and oxygen atoms in total. The third-order valence-corrected chi connectivity index (χ3v) is 4.52. The second-order valence-corrected chi connectivity index (χ2v) is 6.66. The zero-order chi connectivity index (χ0) is 21.7. The van der Waals surface area contributed by atoms with Gasteiger partial charge in [0, 0.05) is 30.1 Å². The molecule has 1 N–H and O–H groups in total. The number of nitrogens with zero attached hydrogens (tertiary/aromatic N) is 2. The number of carbonyl (C=O) groups excluding carboxylic acids is 3. The molecule has 0 radical (unpaired) electrons. The standard InChI is InChI=1S/C22H21N3O5/c1-3-20(27)23-15-10-8-14(9-11-15)19(26)13-30-21(28)12-18-16-6-4-5-7-17(16)22(29)25(2)24-18/h4-11H,3,12-13H2,1-2H3,(H,23,27). The average molecular weight is 407 g/mol. The minimum absolute atomic E-state index is 0.123. The number of rotatable bonds is 7. The molecule has 1 amide bonds. The van der Waals surface area contributed by atoms with Crippen molar-refractivity contribution in [2.75, 3.05) is 11.9 Å². The van der Waals surface area contributed by atoms with Crippen LogP contribution in [0.5, 0.6) is 0 Å². The summed E-state index contributed by atoms with van der Waals surface area (Å²) in [5, 5.41) is 7.88. The fraction of sp³-hybridized carbons (Fsp3) is 0.227. The van der Waals surface area contributed by atoms with Crippen LogP contribution in [0.1, 0.15) is 29.4 Å². The Hall–Kier alpha value is -3.81. The number of ether oxygens (including phenoxy) is 1. The molecule has 1 aromatic heterocycles. The number of hydrogen-bond donors (Lipinski definition) is 1. The van der Waals surface area contributed by atoms with Crippen molar-refractivity contribution in [1.29, 1.82) is 0 Å². The minimum atomic E-state index is -0.619. The van der Waals surface area contributed by atoms with Crippen LogP contribution in [0.2, 0.25) is 0 Å². The predicted molar refractivity (Wildman–Crippen MR) is 111 cm³/mol. The number of benzene rings is 2. The molecule has 0 bridgehead atoms. The Labute approximate surface area is 172 Å². The lowest BCUT2D eigenvalue weighted by atomic mass is 10.1. The topological polar surface area (TPSA) is 107 Å². The normalized spacial score (nSPS) is 10.6. The summed E-state index contributed by atoms with van der Waals surface area (Å²) in [6.45, 7) is 1.33. The summed E-state index contributed by atoms with van der Waals surface area (Å²) in [5.41, 5.74) is 1.10. The lowest BCUT2D eigenvalue weighted by molar-refractivity contribution is -0.141. The lowest BCUT2D eigenvalue weighted by Crippen LogP contribution is -2.23. The molecule has 30 heavy (non-hydrogen) atoms. The Bertz CT molecular complexity index is 1170. The van der Waals surface area contributed by atoms with Gasteiger partial charge in [-0.25, -0.2) is 4.68 Å². The quantitative estimate of drug-likeness (QED) is 0.475. The molecule has 0 fully saturated rings. The van der Waals surface area contributed by atoms with Crippen molar-refractivity contribution in [2.45, 2.75) is 19.8 Å². The summed E-state index contributed by atoms with van der Waals surface area (Å²) in [7, 11) is 1.51. The summed E-state index contributed by atoms with van der Waals surface area (Å²) in [6.07, 6.45) is 0.195. The molecule has 0 aliphatic heterocycles. The summed E-state index contributed by atoms with van der Waals surface area (Å²) in [6, 6.07) is 13.2. The third-order valence-electron chi connectivity index (χ3n) is 4.52. The monoisotopic (exact) mass is 407 g/mol. The molecule has 3 rings (SSSR count). The van der Waals surface area contributed by atoms with Crippen molar-refractivity contribution in [3.8, 4) is 0 Å². The minimum Gasteiger partial charge on any atom is -0.457 e. The van der Waals surface area contributed by atoms with E-state index in [-0.39, 0.29) is 23.7 Å².